The molecule has 12 atom stereocenters. The van der Waals surface area contributed by atoms with Gasteiger partial charge in [-0.05, 0) is 186 Å². The van der Waals surface area contributed by atoms with Gasteiger partial charge in [-0.15, -0.1) is 6.42 Å². The zero-order chi connectivity index (χ0) is 39.1. The maximum Gasteiger partial charge on any atom is 0.303 e. The minimum absolute atomic E-state index is 0.00469. The number of ether oxygens (including phenoxy) is 2. The molecule has 0 aliphatic heterocycles. The van der Waals surface area contributed by atoms with Gasteiger partial charge in [0.15, 0.2) is 17.2 Å². The number of hydrogen-bond donors (Lipinski definition) is 1. The predicted molar refractivity (Wildman–Crippen MR) is 214 cm³/mol. The zero-order valence-electron chi connectivity index (χ0n) is 34.5. The number of terminal acetylenes is 1. The Morgan fingerprint density at radius 3 is 2.24 bits per heavy atom. The quantitative estimate of drug-likeness (QED) is 0.244. The molecule has 1 N–H and O–H groups in total. The first kappa shape index (κ1) is 38.9. The first-order valence-electron chi connectivity index (χ1n) is 22.0. The Hall–Kier alpha value is -2.91. The average molecular weight is 751 g/mol. The number of aryl methyl sites for hydroxylation is 1. The third-order valence-electron chi connectivity index (χ3n) is 18.0. The number of allylic oxidation sites excluding steroid dienone is 1. The highest BCUT2D eigenvalue weighted by molar-refractivity contribution is 5.92. The molecule has 0 bridgehead atoms. The smallest absolute Gasteiger partial charge is 0.303 e. The summed E-state index contributed by atoms with van der Waals surface area (Å²) < 4.78 is 12.1. The SMILES string of the molecule is C#C[C@]1(O)CC[C@H]2[C@@H]3CCc4cc(OC5CCCC5)ccc4[C@H]3CC[C@@]21C.CC(=O)O[C@]1(C(C)=O)CC[C@H]2[C@@H]3C[C@H](C)C4=CC(=O)CC[C@]4(C)[C@H]3CC[C@@]21C. The molecule has 0 radical (unpaired) electrons. The van der Waals surface area contributed by atoms with Crippen LogP contribution in [0, 0.1) is 64.1 Å². The van der Waals surface area contributed by atoms with Crippen LogP contribution in [0.5, 0.6) is 5.75 Å². The second-order valence-electron chi connectivity index (χ2n) is 20.3. The molecule has 1 aromatic rings. The maximum atomic E-state index is 12.8. The van der Waals surface area contributed by atoms with Gasteiger partial charge >= 0.3 is 5.97 Å². The Labute approximate surface area is 330 Å². The van der Waals surface area contributed by atoms with E-state index in [9.17, 15) is 19.5 Å². The van der Waals surface area contributed by atoms with Gasteiger partial charge in [-0.25, -0.2) is 0 Å². The van der Waals surface area contributed by atoms with Gasteiger partial charge in [0.25, 0.3) is 0 Å². The van der Waals surface area contributed by atoms with Gasteiger partial charge in [0.2, 0.25) is 0 Å². The largest absolute Gasteiger partial charge is 0.490 e. The van der Waals surface area contributed by atoms with Crippen molar-refractivity contribution in [3.63, 3.8) is 0 Å². The van der Waals surface area contributed by atoms with E-state index >= 15 is 0 Å². The fourth-order valence-corrected chi connectivity index (χ4v) is 15.1. The van der Waals surface area contributed by atoms with Crippen LogP contribution in [0.3, 0.4) is 0 Å². The summed E-state index contributed by atoms with van der Waals surface area (Å²) in [6.45, 7) is 12.1. The minimum atomic E-state index is -0.961. The molecule has 9 rings (SSSR count). The van der Waals surface area contributed by atoms with Gasteiger partial charge in [-0.1, -0.05) is 45.3 Å². The Kier molecular flexibility index (Phi) is 9.83. The van der Waals surface area contributed by atoms with Crippen molar-refractivity contribution < 1.29 is 29.0 Å². The third-order valence-corrected chi connectivity index (χ3v) is 18.0. The molecule has 0 aromatic heterocycles. The van der Waals surface area contributed by atoms with Crippen LogP contribution < -0.4 is 4.74 Å². The second-order valence-corrected chi connectivity index (χ2v) is 20.3. The highest BCUT2D eigenvalue weighted by Gasteiger charge is 2.68. The average Bonchev–Trinajstić information content (AvgIpc) is 3.84. The lowest BCUT2D eigenvalue weighted by Crippen LogP contribution is -2.59. The number of Topliss-reactive ketones (excluding diaryl/α,β-unsaturated/α-hetero) is 1. The molecule has 1 aromatic carbocycles. The summed E-state index contributed by atoms with van der Waals surface area (Å²) in [5, 5.41) is 11.1. The van der Waals surface area contributed by atoms with Gasteiger partial charge in [-0.2, -0.15) is 0 Å². The summed E-state index contributed by atoms with van der Waals surface area (Å²) in [7, 11) is 0. The summed E-state index contributed by atoms with van der Waals surface area (Å²) in [6, 6.07) is 6.88. The molecule has 8 aliphatic rings. The first-order valence-corrected chi connectivity index (χ1v) is 22.0. The van der Waals surface area contributed by atoms with E-state index in [1.807, 2.05) is 6.08 Å². The molecule has 0 spiro atoms. The van der Waals surface area contributed by atoms with Gasteiger partial charge in [0, 0.05) is 24.2 Å². The fraction of sp³-hybridized carbons (Fsp3) is 0.735. The number of rotatable bonds is 4. The number of ketones is 2. The molecular formula is C49H66O6. The van der Waals surface area contributed by atoms with Crippen LogP contribution in [0.25, 0.3) is 0 Å². The molecular weight excluding hydrogens is 685 g/mol. The molecule has 6 heteroatoms. The van der Waals surface area contributed by atoms with Crippen molar-refractivity contribution in [2.24, 2.45) is 51.8 Å². The van der Waals surface area contributed by atoms with Crippen LogP contribution in [0.4, 0.5) is 0 Å². The lowest BCUT2D eigenvalue weighted by molar-refractivity contribution is -0.187. The maximum absolute atomic E-state index is 12.8. The summed E-state index contributed by atoms with van der Waals surface area (Å²) in [5.41, 5.74) is 2.26. The number of fused-ring (bicyclic) bond motifs is 10. The third kappa shape index (κ3) is 5.93. The standard InChI is InChI=1S/C25H32O2.C24H34O4/c1-3-25(26)15-13-23-22-10-8-17-16-19(27-18-6-4-5-7-18)9-11-20(17)21(22)12-14-24(23,25)2;1-14-12-18-19(22(4)9-6-17(27)13-21(14)22)7-10-23(5)20(18)8-11-24(23,15(2)25)28-16(3)26/h1,9,11,16,18,21-23,26H,4-8,10,12-15H2,2H3;13-14,18-20H,6-12H2,1-5H3/t21-,22-,23+,24+,25+;14-,18+,19-,20-,22+,23-,24-/m10/s1. The van der Waals surface area contributed by atoms with Crippen LogP contribution in [-0.4, -0.2) is 39.9 Å². The minimum Gasteiger partial charge on any atom is -0.490 e. The predicted octanol–water partition coefficient (Wildman–Crippen LogP) is 9.88. The van der Waals surface area contributed by atoms with Crippen molar-refractivity contribution in [3.05, 3.63) is 41.0 Å². The molecule has 0 unspecified atom stereocenters. The monoisotopic (exact) mass is 750 g/mol. The first-order chi connectivity index (χ1) is 26.1. The van der Waals surface area contributed by atoms with Gasteiger partial charge in [0.05, 0.1) is 6.10 Å². The van der Waals surface area contributed by atoms with Crippen LogP contribution in [0.15, 0.2) is 29.8 Å². The topological polar surface area (TPSA) is 89.9 Å². The molecule has 6 saturated carbocycles. The van der Waals surface area contributed by atoms with Crippen molar-refractivity contribution in [3.8, 4) is 18.1 Å². The van der Waals surface area contributed by atoms with Gasteiger partial charge < -0.3 is 14.6 Å². The van der Waals surface area contributed by atoms with Crippen LogP contribution in [-0.2, 0) is 25.5 Å². The van der Waals surface area contributed by atoms with E-state index in [0.717, 1.165) is 70.0 Å². The molecule has 0 heterocycles. The van der Waals surface area contributed by atoms with E-state index in [1.54, 1.807) is 12.5 Å². The van der Waals surface area contributed by atoms with E-state index in [0.29, 0.717) is 60.4 Å². The van der Waals surface area contributed by atoms with Crippen molar-refractivity contribution in [1.29, 1.82) is 0 Å². The number of esters is 1. The zero-order valence-corrected chi connectivity index (χ0v) is 34.5. The molecule has 0 saturated heterocycles. The van der Waals surface area contributed by atoms with E-state index in [2.05, 4.69) is 51.8 Å². The van der Waals surface area contributed by atoms with Crippen molar-refractivity contribution in [2.75, 3.05) is 0 Å². The van der Waals surface area contributed by atoms with Crippen molar-refractivity contribution in [2.45, 2.75) is 174 Å². The molecule has 298 valence electrons. The van der Waals surface area contributed by atoms with Gasteiger partial charge in [-0.3, -0.25) is 14.4 Å². The Morgan fingerprint density at radius 1 is 0.836 bits per heavy atom. The summed E-state index contributed by atoms with van der Waals surface area (Å²) >= 11 is 0. The lowest BCUT2D eigenvalue weighted by atomic mass is 9.44. The Bertz CT molecular complexity index is 1800. The normalized spacial score (nSPS) is 44.1. The number of carbonyl (C=O) groups excluding carboxylic acids is 3. The number of hydrogen-bond acceptors (Lipinski definition) is 6. The highest BCUT2D eigenvalue weighted by atomic mass is 16.6. The van der Waals surface area contributed by atoms with E-state index < -0.39 is 11.2 Å². The molecule has 0 amide bonds. The summed E-state index contributed by atoms with van der Waals surface area (Å²) in [6.07, 6.45) is 25.8. The van der Waals surface area contributed by atoms with Crippen LogP contribution in [0.2, 0.25) is 0 Å². The van der Waals surface area contributed by atoms with E-state index in [1.165, 1.54) is 50.2 Å². The summed E-state index contributed by atoms with van der Waals surface area (Å²) in [4.78, 5) is 36.8. The van der Waals surface area contributed by atoms with E-state index in [-0.39, 0.29) is 33.8 Å². The number of benzene rings is 1. The molecule has 6 fully saturated rings. The highest BCUT2D eigenvalue weighted by Crippen LogP contribution is 2.69. The van der Waals surface area contributed by atoms with Crippen LogP contribution >= 0.6 is 0 Å². The molecule has 55 heavy (non-hydrogen) atoms. The van der Waals surface area contributed by atoms with E-state index in [4.69, 9.17) is 15.9 Å². The van der Waals surface area contributed by atoms with Gasteiger partial charge in [0.1, 0.15) is 11.4 Å². The van der Waals surface area contributed by atoms with Crippen molar-refractivity contribution in [1.82, 2.24) is 0 Å². The van der Waals surface area contributed by atoms with Crippen LogP contribution in [0.1, 0.15) is 161 Å². The molecule has 8 aliphatic carbocycles. The fourth-order valence-electron chi connectivity index (χ4n) is 15.1. The Morgan fingerprint density at radius 2 is 1.53 bits per heavy atom. The second kappa shape index (κ2) is 13.9. The molecule has 6 nitrogen and oxygen atoms in total. The summed E-state index contributed by atoms with van der Waals surface area (Å²) in [5.74, 6) is 7.52. The van der Waals surface area contributed by atoms with Crippen molar-refractivity contribution >= 4 is 17.5 Å². The lowest BCUT2D eigenvalue weighted by Gasteiger charge is -2.60. The number of carbonyl (C=O) groups is 3. The number of aliphatic hydroxyl groups is 1. The Balaban J connectivity index is 0.000000155.